The number of benzene rings is 2. The van der Waals surface area contributed by atoms with E-state index in [4.69, 9.17) is 4.74 Å². The number of rotatable bonds is 7. The molecule has 1 heterocycles. The van der Waals surface area contributed by atoms with Crippen LogP contribution in [0, 0.1) is 12.8 Å². The normalized spacial score (nSPS) is 15.5. The third-order valence-electron chi connectivity index (χ3n) is 5.17. The Morgan fingerprint density at radius 3 is 2.67 bits per heavy atom. The fraction of sp³-hybridized carbons (Fsp3) is 0.435. The van der Waals surface area contributed by atoms with E-state index in [0.29, 0.717) is 13.2 Å². The lowest BCUT2D eigenvalue weighted by Gasteiger charge is -2.31. The van der Waals surface area contributed by atoms with Crippen molar-refractivity contribution in [3.05, 3.63) is 65.2 Å². The average Bonchev–Trinajstić information content (AvgIpc) is 2.68. The molecule has 1 fully saturated rings. The summed E-state index contributed by atoms with van der Waals surface area (Å²) in [5, 5.41) is 3.10. The number of amides is 1. The maximum absolute atomic E-state index is 12.6. The number of hydrogen-bond acceptors (Lipinski definition) is 3. The molecule has 0 bridgehead atoms. The van der Waals surface area contributed by atoms with Gasteiger partial charge in [0.1, 0.15) is 5.75 Å². The molecule has 0 spiro atoms. The largest absolute Gasteiger partial charge is 0.494 e. The minimum absolute atomic E-state index is 0.109. The molecule has 1 aliphatic heterocycles. The van der Waals surface area contributed by atoms with Crippen molar-refractivity contribution in [2.45, 2.75) is 39.8 Å². The molecule has 2 aromatic carbocycles. The van der Waals surface area contributed by atoms with Crippen LogP contribution in [0.3, 0.4) is 0 Å². The van der Waals surface area contributed by atoms with Crippen LogP contribution in [0.5, 0.6) is 5.75 Å². The van der Waals surface area contributed by atoms with Gasteiger partial charge < -0.3 is 10.1 Å². The van der Waals surface area contributed by atoms with Gasteiger partial charge in [0.2, 0.25) is 5.91 Å². The van der Waals surface area contributed by atoms with E-state index in [0.717, 1.165) is 43.8 Å². The Kier molecular flexibility index (Phi) is 6.88. The lowest BCUT2D eigenvalue weighted by Crippen LogP contribution is -2.40. The number of likely N-dealkylation sites (tertiary alicyclic amines) is 1. The number of nitrogens with one attached hydrogen (secondary N) is 1. The van der Waals surface area contributed by atoms with E-state index < -0.39 is 0 Å². The zero-order chi connectivity index (χ0) is 19.1. The second-order valence-corrected chi connectivity index (χ2v) is 7.30. The van der Waals surface area contributed by atoms with Crippen molar-refractivity contribution in [3.8, 4) is 5.75 Å². The monoisotopic (exact) mass is 366 g/mol. The van der Waals surface area contributed by atoms with E-state index in [-0.39, 0.29) is 11.8 Å². The second kappa shape index (κ2) is 9.56. The zero-order valence-corrected chi connectivity index (χ0v) is 16.4. The number of piperidine rings is 1. The molecule has 4 nitrogen and oxygen atoms in total. The van der Waals surface area contributed by atoms with Crippen LogP contribution in [-0.4, -0.2) is 30.5 Å². The molecule has 0 aliphatic carbocycles. The summed E-state index contributed by atoms with van der Waals surface area (Å²) in [6, 6.07) is 16.6. The molecular weight excluding hydrogens is 336 g/mol. The maximum Gasteiger partial charge on any atom is 0.223 e. The summed E-state index contributed by atoms with van der Waals surface area (Å²) in [6.45, 7) is 8.17. The van der Waals surface area contributed by atoms with Crippen LogP contribution in [0.2, 0.25) is 0 Å². The van der Waals surface area contributed by atoms with Gasteiger partial charge in [-0.2, -0.15) is 0 Å². The first-order chi connectivity index (χ1) is 13.2. The van der Waals surface area contributed by atoms with E-state index in [9.17, 15) is 4.79 Å². The van der Waals surface area contributed by atoms with Crippen molar-refractivity contribution in [1.82, 2.24) is 10.2 Å². The van der Waals surface area contributed by atoms with Gasteiger partial charge in [-0.3, -0.25) is 9.69 Å². The van der Waals surface area contributed by atoms with Crippen molar-refractivity contribution in [1.29, 1.82) is 0 Å². The zero-order valence-electron chi connectivity index (χ0n) is 16.4. The van der Waals surface area contributed by atoms with Crippen LogP contribution in [0.25, 0.3) is 0 Å². The molecule has 3 rings (SSSR count). The van der Waals surface area contributed by atoms with Crippen molar-refractivity contribution in [3.63, 3.8) is 0 Å². The number of ether oxygens (including phenoxy) is 1. The van der Waals surface area contributed by atoms with Crippen LogP contribution in [0.1, 0.15) is 36.5 Å². The minimum atomic E-state index is 0.109. The van der Waals surface area contributed by atoms with Gasteiger partial charge in [0.05, 0.1) is 6.61 Å². The summed E-state index contributed by atoms with van der Waals surface area (Å²) in [4.78, 5) is 15.0. The quantitative estimate of drug-likeness (QED) is 0.807. The summed E-state index contributed by atoms with van der Waals surface area (Å²) >= 11 is 0. The molecule has 1 aliphatic rings. The summed E-state index contributed by atoms with van der Waals surface area (Å²) < 4.78 is 5.64. The van der Waals surface area contributed by atoms with E-state index in [1.165, 1.54) is 11.1 Å². The van der Waals surface area contributed by atoms with Crippen LogP contribution in [-0.2, 0) is 17.9 Å². The van der Waals surface area contributed by atoms with Crippen LogP contribution < -0.4 is 10.1 Å². The molecule has 0 aromatic heterocycles. The molecule has 144 valence electrons. The Morgan fingerprint density at radius 2 is 1.93 bits per heavy atom. The van der Waals surface area contributed by atoms with Gasteiger partial charge >= 0.3 is 0 Å². The van der Waals surface area contributed by atoms with Crippen molar-refractivity contribution < 1.29 is 9.53 Å². The van der Waals surface area contributed by atoms with Gasteiger partial charge in [-0.15, -0.1) is 0 Å². The molecule has 0 unspecified atom stereocenters. The Labute approximate surface area is 162 Å². The van der Waals surface area contributed by atoms with Gasteiger partial charge in [0, 0.05) is 24.6 Å². The third kappa shape index (κ3) is 5.57. The lowest BCUT2D eigenvalue weighted by molar-refractivity contribution is -0.126. The summed E-state index contributed by atoms with van der Waals surface area (Å²) in [7, 11) is 0. The number of para-hydroxylation sites is 1. The molecule has 27 heavy (non-hydrogen) atoms. The number of nitrogens with zero attached hydrogens (tertiary/aromatic N) is 1. The van der Waals surface area contributed by atoms with E-state index in [1.807, 2.05) is 31.2 Å². The predicted octanol–water partition coefficient (Wildman–Crippen LogP) is 3.92. The number of carbonyl (C=O) groups excluding carboxylic acids is 1. The highest BCUT2D eigenvalue weighted by Gasteiger charge is 2.25. The van der Waals surface area contributed by atoms with E-state index in [2.05, 4.69) is 41.4 Å². The lowest BCUT2D eigenvalue weighted by atomic mass is 9.95. The highest BCUT2D eigenvalue weighted by Crippen LogP contribution is 2.21. The van der Waals surface area contributed by atoms with Gasteiger partial charge in [0.15, 0.2) is 0 Å². The molecule has 4 heteroatoms. The third-order valence-corrected chi connectivity index (χ3v) is 5.17. The average molecular weight is 367 g/mol. The maximum atomic E-state index is 12.6. The van der Waals surface area contributed by atoms with E-state index >= 15 is 0 Å². The second-order valence-electron chi connectivity index (χ2n) is 7.30. The molecule has 0 radical (unpaired) electrons. The topological polar surface area (TPSA) is 41.6 Å². The van der Waals surface area contributed by atoms with Crippen LogP contribution in [0.15, 0.2) is 48.5 Å². The van der Waals surface area contributed by atoms with Crippen molar-refractivity contribution in [2.75, 3.05) is 19.7 Å². The number of carbonyl (C=O) groups is 1. The molecule has 2 aromatic rings. The van der Waals surface area contributed by atoms with Crippen LogP contribution >= 0.6 is 0 Å². The Bertz CT molecular complexity index is 752. The Morgan fingerprint density at radius 1 is 1.15 bits per heavy atom. The highest BCUT2D eigenvalue weighted by atomic mass is 16.5. The summed E-state index contributed by atoms with van der Waals surface area (Å²) in [5.74, 6) is 1.13. The SMILES string of the molecule is CCOc1ccccc1CNC(=O)C1CCN(Cc2cccc(C)c2)CC1. The first-order valence-electron chi connectivity index (χ1n) is 9.92. The smallest absolute Gasteiger partial charge is 0.223 e. The number of aryl methyl sites for hydroxylation is 1. The van der Waals surface area contributed by atoms with E-state index in [1.54, 1.807) is 0 Å². The fourth-order valence-electron chi connectivity index (χ4n) is 3.69. The minimum Gasteiger partial charge on any atom is -0.494 e. The summed E-state index contributed by atoms with van der Waals surface area (Å²) in [6.07, 6.45) is 1.84. The molecule has 1 amide bonds. The van der Waals surface area contributed by atoms with Gasteiger partial charge in [-0.05, 0) is 51.4 Å². The molecule has 0 saturated carbocycles. The highest BCUT2D eigenvalue weighted by molar-refractivity contribution is 5.78. The molecule has 1 N–H and O–H groups in total. The van der Waals surface area contributed by atoms with Crippen molar-refractivity contribution >= 4 is 5.91 Å². The first kappa shape index (κ1) is 19.4. The Balaban J connectivity index is 1.46. The molecular formula is C23H30N2O2. The number of hydrogen-bond donors (Lipinski definition) is 1. The predicted molar refractivity (Wildman–Crippen MR) is 109 cm³/mol. The van der Waals surface area contributed by atoms with Gasteiger partial charge in [0.25, 0.3) is 0 Å². The molecule has 0 atom stereocenters. The summed E-state index contributed by atoms with van der Waals surface area (Å²) in [5.41, 5.74) is 3.68. The standard InChI is InChI=1S/C23H30N2O2/c1-3-27-22-10-5-4-9-21(22)16-24-23(26)20-11-13-25(14-12-20)17-19-8-6-7-18(2)15-19/h4-10,15,20H,3,11-14,16-17H2,1-2H3,(H,24,26). The molecule has 1 saturated heterocycles. The van der Waals surface area contributed by atoms with Gasteiger partial charge in [-0.25, -0.2) is 0 Å². The van der Waals surface area contributed by atoms with Crippen molar-refractivity contribution in [2.24, 2.45) is 5.92 Å². The van der Waals surface area contributed by atoms with Crippen LogP contribution in [0.4, 0.5) is 0 Å². The Hall–Kier alpha value is -2.33. The fourth-order valence-corrected chi connectivity index (χ4v) is 3.69. The first-order valence-corrected chi connectivity index (χ1v) is 9.92. The van der Waals surface area contributed by atoms with Gasteiger partial charge in [-0.1, -0.05) is 48.0 Å².